The molecular formula is C15H29N3O. The van der Waals surface area contributed by atoms with Crippen molar-refractivity contribution in [2.75, 3.05) is 20.6 Å². The minimum Gasteiger partial charge on any atom is -0.353 e. The molecule has 1 saturated heterocycles. The summed E-state index contributed by atoms with van der Waals surface area (Å²) < 4.78 is 0. The third-order valence-corrected chi connectivity index (χ3v) is 4.92. The van der Waals surface area contributed by atoms with E-state index in [0.717, 1.165) is 18.9 Å². The first-order valence-corrected chi connectivity index (χ1v) is 7.78. The fraction of sp³-hybridized carbons (Fsp3) is 0.933. The fourth-order valence-electron chi connectivity index (χ4n) is 3.26. The summed E-state index contributed by atoms with van der Waals surface area (Å²) in [5.74, 6) is 1.01. The monoisotopic (exact) mass is 267 g/mol. The number of fused-ring (bicyclic) bond motifs is 1. The Balaban J connectivity index is 1.77. The molecular weight excluding hydrogens is 238 g/mol. The Morgan fingerprint density at radius 2 is 2.00 bits per heavy atom. The van der Waals surface area contributed by atoms with Crippen LogP contribution in [-0.2, 0) is 4.79 Å². The van der Waals surface area contributed by atoms with E-state index in [1.165, 1.54) is 32.1 Å². The van der Waals surface area contributed by atoms with Crippen LogP contribution in [0.2, 0.25) is 0 Å². The van der Waals surface area contributed by atoms with Gasteiger partial charge in [-0.15, -0.1) is 0 Å². The molecule has 4 unspecified atom stereocenters. The van der Waals surface area contributed by atoms with Gasteiger partial charge >= 0.3 is 0 Å². The van der Waals surface area contributed by atoms with Crippen LogP contribution in [-0.4, -0.2) is 49.6 Å². The predicted molar refractivity (Wildman–Crippen MR) is 78.1 cm³/mol. The highest BCUT2D eigenvalue weighted by Gasteiger charge is 2.34. The number of nitrogens with one attached hydrogen (secondary N) is 2. The Kier molecular flexibility index (Phi) is 5.22. The Morgan fingerprint density at radius 3 is 2.74 bits per heavy atom. The van der Waals surface area contributed by atoms with Gasteiger partial charge in [0, 0.05) is 18.6 Å². The minimum atomic E-state index is 0.0358. The lowest BCUT2D eigenvalue weighted by atomic mass is 9.77. The van der Waals surface area contributed by atoms with Gasteiger partial charge in [-0.25, -0.2) is 0 Å². The summed E-state index contributed by atoms with van der Waals surface area (Å²) in [6, 6.07) is 1.01. The summed E-state index contributed by atoms with van der Waals surface area (Å²) in [5, 5.41) is 6.67. The quantitative estimate of drug-likeness (QED) is 0.808. The van der Waals surface area contributed by atoms with E-state index in [1.54, 1.807) is 0 Å². The number of carbonyl (C=O) groups excluding carboxylic acids is 1. The number of piperidine rings is 1. The fourth-order valence-corrected chi connectivity index (χ4v) is 3.26. The molecule has 4 atom stereocenters. The van der Waals surface area contributed by atoms with Crippen LogP contribution >= 0.6 is 0 Å². The standard InChI is InChI=1S/C15H29N3O/c1-11(18(2)3)10-16-15(19)14-9-8-12-6-4-5-7-13(12)17-14/h11-14,17H,4-10H2,1-3H3,(H,16,19). The Bertz CT molecular complexity index is 306. The van der Waals surface area contributed by atoms with E-state index in [0.29, 0.717) is 12.1 Å². The summed E-state index contributed by atoms with van der Waals surface area (Å²) in [5.41, 5.74) is 0. The van der Waals surface area contributed by atoms with Crippen molar-refractivity contribution in [3.8, 4) is 0 Å². The van der Waals surface area contributed by atoms with Gasteiger partial charge in [0.25, 0.3) is 0 Å². The average molecular weight is 267 g/mol. The van der Waals surface area contributed by atoms with Crippen LogP contribution in [0.3, 0.4) is 0 Å². The second kappa shape index (κ2) is 6.71. The van der Waals surface area contributed by atoms with Crippen LogP contribution in [0.5, 0.6) is 0 Å². The summed E-state index contributed by atoms with van der Waals surface area (Å²) in [4.78, 5) is 14.3. The smallest absolute Gasteiger partial charge is 0.237 e. The van der Waals surface area contributed by atoms with Gasteiger partial charge < -0.3 is 15.5 Å². The number of rotatable bonds is 4. The van der Waals surface area contributed by atoms with Crippen molar-refractivity contribution in [1.29, 1.82) is 0 Å². The molecule has 0 bridgehead atoms. The first kappa shape index (κ1) is 14.8. The molecule has 4 heteroatoms. The Hall–Kier alpha value is -0.610. The lowest BCUT2D eigenvalue weighted by Crippen LogP contribution is -2.55. The summed E-state index contributed by atoms with van der Waals surface area (Å²) in [7, 11) is 4.09. The molecule has 19 heavy (non-hydrogen) atoms. The highest BCUT2D eigenvalue weighted by molar-refractivity contribution is 5.81. The van der Waals surface area contributed by atoms with Crippen LogP contribution < -0.4 is 10.6 Å². The highest BCUT2D eigenvalue weighted by Crippen LogP contribution is 2.32. The van der Waals surface area contributed by atoms with Gasteiger partial charge in [-0.3, -0.25) is 4.79 Å². The van der Waals surface area contributed by atoms with Crippen molar-refractivity contribution in [3.05, 3.63) is 0 Å². The molecule has 0 spiro atoms. The second-order valence-electron chi connectivity index (χ2n) is 6.51. The summed E-state index contributed by atoms with van der Waals surface area (Å²) >= 11 is 0. The molecule has 0 aromatic heterocycles. The van der Waals surface area contributed by atoms with Crippen molar-refractivity contribution < 1.29 is 4.79 Å². The van der Waals surface area contributed by atoms with Gasteiger partial charge in [0.05, 0.1) is 6.04 Å². The zero-order valence-corrected chi connectivity index (χ0v) is 12.6. The topological polar surface area (TPSA) is 44.4 Å². The number of nitrogens with zero attached hydrogens (tertiary/aromatic N) is 1. The molecule has 2 aliphatic rings. The zero-order chi connectivity index (χ0) is 13.8. The first-order valence-electron chi connectivity index (χ1n) is 7.78. The number of likely N-dealkylation sites (N-methyl/N-ethyl adjacent to an activating group) is 1. The van der Waals surface area contributed by atoms with Crippen LogP contribution in [0.1, 0.15) is 45.4 Å². The Labute approximate surface area is 117 Å². The van der Waals surface area contributed by atoms with Gasteiger partial charge in [0.2, 0.25) is 5.91 Å². The molecule has 4 nitrogen and oxygen atoms in total. The van der Waals surface area contributed by atoms with Crippen molar-refractivity contribution in [2.24, 2.45) is 5.92 Å². The molecule has 2 rings (SSSR count). The van der Waals surface area contributed by atoms with E-state index in [4.69, 9.17) is 0 Å². The third kappa shape index (κ3) is 3.93. The molecule has 2 fully saturated rings. The van der Waals surface area contributed by atoms with Crippen molar-refractivity contribution in [1.82, 2.24) is 15.5 Å². The number of amides is 1. The van der Waals surface area contributed by atoms with E-state index in [1.807, 2.05) is 14.1 Å². The third-order valence-electron chi connectivity index (χ3n) is 4.92. The first-order chi connectivity index (χ1) is 9.08. The van der Waals surface area contributed by atoms with Gasteiger partial charge in [0.1, 0.15) is 0 Å². The van der Waals surface area contributed by atoms with Gasteiger partial charge in [-0.2, -0.15) is 0 Å². The molecule has 0 aromatic rings. The van der Waals surface area contributed by atoms with Gasteiger partial charge in [0.15, 0.2) is 0 Å². The van der Waals surface area contributed by atoms with Gasteiger partial charge in [-0.05, 0) is 52.6 Å². The van der Waals surface area contributed by atoms with E-state index >= 15 is 0 Å². The lowest BCUT2D eigenvalue weighted by molar-refractivity contribution is -0.124. The van der Waals surface area contributed by atoms with Gasteiger partial charge in [-0.1, -0.05) is 12.8 Å². The molecule has 1 saturated carbocycles. The largest absolute Gasteiger partial charge is 0.353 e. The zero-order valence-electron chi connectivity index (χ0n) is 12.6. The maximum Gasteiger partial charge on any atom is 0.237 e. The maximum absolute atomic E-state index is 12.2. The number of hydrogen-bond donors (Lipinski definition) is 2. The lowest BCUT2D eigenvalue weighted by Gasteiger charge is -2.40. The van der Waals surface area contributed by atoms with Crippen LogP contribution in [0, 0.1) is 5.92 Å². The van der Waals surface area contributed by atoms with Crippen LogP contribution in [0.4, 0.5) is 0 Å². The number of carbonyl (C=O) groups is 1. The van der Waals surface area contributed by atoms with E-state index in [-0.39, 0.29) is 11.9 Å². The van der Waals surface area contributed by atoms with E-state index in [2.05, 4.69) is 22.5 Å². The molecule has 0 aromatic carbocycles. The normalized spacial score (nSPS) is 32.7. The summed E-state index contributed by atoms with van der Waals surface area (Å²) in [6.07, 6.45) is 7.52. The van der Waals surface area contributed by atoms with Crippen LogP contribution in [0.25, 0.3) is 0 Å². The minimum absolute atomic E-state index is 0.0358. The average Bonchev–Trinajstić information content (AvgIpc) is 2.43. The predicted octanol–water partition coefficient (Wildman–Crippen LogP) is 1.36. The van der Waals surface area contributed by atoms with E-state index < -0.39 is 0 Å². The van der Waals surface area contributed by atoms with Crippen molar-refractivity contribution >= 4 is 5.91 Å². The molecule has 2 N–H and O–H groups in total. The molecule has 1 amide bonds. The molecule has 0 radical (unpaired) electrons. The SMILES string of the molecule is CC(CNC(=O)C1CCC2CCCCC2N1)N(C)C. The second-order valence-corrected chi connectivity index (χ2v) is 6.51. The van der Waals surface area contributed by atoms with Crippen molar-refractivity contribution in [2.45, 2.75) is 63.6 Å². The Morgan fingerprint density at radius 1 is 1.26 bits per heavy atom. The molecule has 110 valence electrons. The van der Waals surface area contributed by atoms with E-state index in [9.17, 15) is 4.79 Å². The molecule has 1 heterocycles. The summed E-state index contributed by atoms with van der Waals surface area (Å²) in [6.45, 7) is 2.86. The number of hydrogen-bond acceptors (Lipinski definition) is 3. The molecule has 1 aliphatic heterocycles. The molecule has 1 aliphatic carbocycles. The maximum atomic E-state index is 12.2. The highest BCUT2D eigenvalue weighted by atomic mass is 16.2. The van der Waals surface area contributed by atoms with Crippen LogP contribution in [0.15, 0.2) is 0 Å². The van der Waals surface area contributed by atoms with Crippen molar-refractivity contribution in [3.63, 3.8) is 0 Å².